The van der Waals surface area contributed by atoms with E-state index in [1.165, 1.54) is 77.9 Å². The molecule has 0 nitrogen and oxygen atoms in total. The van der Waals surface area contributed by atoms with Gasteiger partial charge in [-0.05, 0) is 122 Å². The first-order valence-corrected chi connectivity index (χ1v) is 20.0. The highest BCUT2D eigenvalue weighted by Gasteiger charge is 2.25. The van der Waals surface area contributed by atoms with Crippen molar-refractivity contribution >= 4 is 0 Å². The topological polar surface area (TPSA) is 0 Å². The normalized spacial score (nSPS) is 10.6. The third-order valence-electron chi connectivity index (χ3n) is 10.7. The number of rotatable bonds is 5. The molecule has 0 N–H and O–H groups in total. The van der Waals surface area contributed by atoms with E-state index < -0.39 is 0 Å². The molecule has 0 aliphatic heterocycles. The van der Waals surface area contributed by atoms with E-state index in [0.717, 1.165) is 0 Å². The van der Waals surface area contributed by atoms with Crippen molar-refractivity contribution in [3.8, 4) is 11.1 Å². The Balaban J connectivity index is 0.000000273. The molecule has 286 valence electrons. The molecular weight excluding hydrogens is 649 g/mol. The average molecular weight is 719 g/mol. The summed E-state index contributed by atoms with van der Waals surface area (Å²) < 4.78 is 0. The van der Waals surface area contributed by atoms with Crippen LogP contribution in [0.25, 0.3) is 11.1 Å². The molecular formula is C54H70. The smallest absolute Gasteiger partial charge is 0.0146 e. The Labute approximate surface area is 331 Å². The summed E-state index contributed by atoms with van der Waals surface area (Å²) >= 11 is 0. The van der Waals surface area contributed by atoms with Crippen LogP contribution < -0.4 is 0 Å². The van der Waals surface area contributed by atoms with Gasteiger partial charge in [-0.25, -0.2) is 0 Å². The van der Waals surface area contributed by atoms with E-state index in [0.29, 0.717) is 0 Å². The van der Waals surface area contributed by atoms with E-state index in [1.54, 1.807) is 0 Å². The molecule has 6 aromatic rings. The van der Waals surface area contributed by atoms with Crippen molar-refractivity contribution in [2.24, 2.45) is 0 Å². The Bertz CT molecular complexity index is 1780. The molecule has 0 radical (unpaired) electrons. The van der Waals surface area contributed by atoms with Crippen molar-refractivity contribution in [1.82, 2.24) is 0 Å². The Morgan fingerprint density at radius 1 is 0.296 bits per heavy atom. The molecule has 0 aromatic heterocycles. The van der Waals surface area contributed by atoms with E-state index >= 15 is 0 Å². The van der Waals surface area contributed by atoms with Gasteiger partial charge in [-0.3, -0.25) is 0 Å². The zero-order valence-electron chi connectivity index (χ0n) is 36.7. The lowest BCUT2D eigenvalue weighted by Crippen LogP contribution is -2.20. The summed E-state index contributed by atoms with van der Waals surface area (Å²) in [4.78, 5) is 0. The standard InChI is InChI=1S/C21H28.C15H16.C14H14.2C2H6/c1-13-9-19(10-14(2)17(13)5)21(7,8)20-11-15(3)18(6)16(4)12-20;1-15(2,13-9-5-3-6-10-13)14-11-7-4-8-12-14;1-11-3-7-13(8-4-11)14-9-5-12(2)6-10-14;2*1-2/h9-12H,1-8H3;3-12H,1-2H3;3-10H,1-2H3;2*1-2H3. The summed E-state index contributed by atoms with van der Waals surface area (Å²) in [6.07, 6.45) is 0. The SMILES string of the molecule is CC.CC.CC(C)(c1ccccc1)c1ccccc1.Cc1cc(C(C)(C)c2cc(C)c(C)c(C)c2)cc(C)c1C.Cc1ccc(-c2ccc(C)cc2)cc1. The van der Waals surface area contributed by atoms with Crippen LogP contribution in [-0.2, 0) is 10.8 Å². The van der Waals surface area contributed by atoms with Crippen LogP contribution in [0.1, 0.15) is 122 Å². The first-order valence-electron chi connectivity index (χ1n) is 20.0. The Morgan fingerprint density at radius 3 is 0.796 bits per heavy atom. The highest BCUT2D eigenvalue weighted by molar-refractivity contribution is 5.63. The van der Waals surface area contributed by atoms with Crippen LogP contribution in [0.5, 0.6) is 0 Å². The van der Waals surface area contributed by atoms with Gasteiger partial charge in [0.1, 0.15) is 0 Å². The monoisotopic (exact) mass is 719 g/mol. The van der Waals surface area contributed by atoms with E-state index in [-0.39, 0.29) is 10.8 Å². The highest BCUT2D eigenvalue weighted by Crippen LogP contribution is 2.35. The summed E-state index contributed by atoms with van der Waals surface area (Å²) in [6, 6.07) is 47.9. The van der Waals surface area contributed by atoms with Gasteiger partial charge in [0.05, 0.1) is 0 Å². The van der Waals surface area contributed by atoms with Gasteiger partial charge in [0.15, 0.2) is 0 Å². The van der Waals surface area contributed by atoms with Crippen LogP contribution in [-0.4, -0.2) is 0 Å². The molecule has 0 atom stereocenters. The minimum atomic E-state index is 0.0342. The van der Waals surface area contributed by atoms with Crippen molar-refractivity contribution in [2.45, 2.75) is 122 Å². The number of aryl methyl sites for hydroxylation is 6. The number of hydrogen-bond acceptors (Lipinski definition) is 0. The van der Waals surface area contributed by atoms with Crippen molar-refractivity contribution < 1.29 is 0 Å². The highest BCUT2D eigenvalue weighted by atomic mass is 14.3. The van der Waals surface area contributed by atoms with Crippen LogP contribution in [0.3, 0.4) is 0 Å². The Hall–Kier alpha value is -4.68. The second-order valence-electron chi connectivity index (χ2n) is 15.2. The molecule has 0 aliphatic carbocycles. The van der Waals surface area contributed by atoms with Gasteiger partial charge in [0, 0.05) is 10.8 Å². The van der Waals surface area contributed by atoms with E-state index in [4.69, 9.17) is 0 Å². The maximum Gasteiger partial charge on any atom is 0.0146 e. The molecule has 0 unspecified atom stereocenters. The van der Waals surface area contributed by atoms with Gasteiger partial charge < -0.3 is 0 Å². The van der Waals surface area contributed by atoms with Gasteiger partial charge in [-0.1, -0.05) is 200 Å². The zero-order chi connectivity index (χ0) is 40.6. The second kappa shape index (κ2) is 21.3. The maximum absolute atomic E-state index is 2.35. The fraction of sp³-hybridized carbons (Fsp3) is 0.333. The van der Waals surface area contributed by atoms with E-state index in [1.807, 2.05) is 27.7 Å². The van der Waals surface area contributed by atoms with Crippen molar-refractivity contribution in [3.63, 3.8) is 0 Å². The van der Waals surface area contributed by atoms with Gasteiger partial charge >= 0.3 is 0 Å². The summed E-state index contributed by atoms with van der Waals surface area (Å²) in [7, 11) is 0. The maximum atomic E-state index is 2.35. The van der Waals surface area contributed by atoms with Crippen molar-refractivity contribution in [3.05, 3.63) is 200 Å². The molecule has 0 bridgehead atoms. The van der Waals surface area contributed by atoms with Crippen molar-refractivity contribution in [1.29, 1.82) is 0 Å². The molecule has 0 saturated heterocycles. The average Bonchev–Trinajstić information content (AvgIpc) is 3.19. The predicted molar refractivity (Wildman–Crippen MR) is 242 cm³/mol. The minimum absolute atomic E-state index is 0.0342. The second-order valence-corrected chi connectivity index (χ2v) is 15.2. The first kappa shape index (κ1) is 45.5. The van der Waals surface area contributed by atoms with Crippen molar-refractivity contribution in [2.75, 3.05) is 0 Å². The molecule has 0 fully saturated rings. The third-order valence-corrected chi connectivity index (χ3v) is 10.7. The molecule has 0 spiro atoms. The summed E-state index contributed by atoms with van der Waals surface area (Å²) in [5.74, 6) is 0. The van der Waals surface area contributed by atoms with E-state index in [9.17, 15) is 0 Å². The fourth-order valence-electron chi connectivity index (χ4n) is 6.33. The molecule has 6 aromatic carbocycles. The predicted octanol–water partition coefficient (Wildman–Crippen LogP) is 15.9. The molecule has 0 aliphatic rings. The third kappa shape index (κ3) is 12.2. The van der Waals surface area contributed by atoms with Crippen LogP contribution in [0.2, 0.25) is 0 Å². The molecule has 0 heterocycles. The largest absolute Gasteiger partial charge is 0.0683 e. The first-order chi connectivity index (χ1) is 25.6. The quantitative estimate of drug-likeness (QED) is 0.166. The van der Waals surface area contributed by atoms with Gasteiger partial charge in [-0.15, -0.1) is 0 Å². The lowest BCUT2D eigenvalue weighted by atomic mass is 9.75. The zero-order valence-corrected chi connectivity index (χ0v) is 36.7. The fourth-order valence-corrected chi connectivity index (χ4v) is 6.33. The molecule has 0 amide bonds. The summed E-state index contributed by atoms with van der Waals surface area (Å²) in [5.41, 5.74) is 19.2. The summed E-state index contributed by atoms with van der Waals surface area (Å²) in [6.45, 7) is 34.7. The number of benzene rings is 6. The van der Waals surface area contributed by atoms with Crippen LogP contribution in [0.15, 0.2) is 133 Å². The van der Waals surface area contributed by atoms with Crippen LogP contribution in [0.4, 0.5) is 0 Å². The molecule has 54 heavy (non-hydrogen) atoms. The minimum Gasteiger partial charge on any atom is -0.0683 e. The van der Waals surface area contributed by atoms with E-state index in [2.05, 4.69) is 217 Å². The summed E-state index contributed by atoms with van der Waals surface area (Å²) in [5, 5.41) is 0. The van der Waals surface area contributed by atoms with Gasteiger partial charge in [0.2, 0.25) is 0 Å². The van der Waals surface area contributed by atoms with Gasteiger partial charge in [0.25, 0.3) is 0 Å². The molecule has 0 saturated carbocycles. The Morgan fingerprint density at radius 2 is 0.537 bits per heavy atom. The Kier molecular flexibility index (Phi) is 17.9. The lowest BCUT2D eigenvalue weighted by Gasteiger charge is -2.29. The number of hydrogen-bond donors (Lipinski definition) is 0. The van der Waals surface area contributed by atoms with Crippen LogP contribution in [0, 0.1) is 55.4 Å². The molecule has 6 rings (SSSR count). The van der Waals surface area contributed by atoms with Gasteiger partial charge in [-0.2, -0.15) is 0 Å². The lowest BCUT2D eigenvalue weighted by molar-refractivity contribution is 0.637. The molecule has 0 heteroatoms. The van der Waals surface area contributed by atoms with Crippen LogP contribution >= 0.6 is 0 Å².